The van der Waals surface area contributed by atoms with E-state index in [-0.39, 0.29) is 5.91 Å². The molecule has 0 aromatic heterocycles. The summed E-state index contributed by atoms with van der Waals surface area (Å²) in [7, 11) is -1.72. The van der Waals surface area contributed by atoms with Crippen LogP contribution in [0.5, 0.6) is 0 Å². The number of amides is 1. The Morgan fingerprint density at radius 2 is 2.00 bits per heavy atom. The number of ether oxygens (including phenoxy) is 1. The lowest BCUT2D eigenvalue weighted by atomic mass is 10.5. The number of carbonyl (C=O) groups excluding carboxylic acids is 1. The highest BCUT2D eigenvalue weighted by Crippen LogP contribution is 1.96. The fourth-order valence-electron chi connectivity index (χ4n) is 0.980. The molecule has 0 aliphatic carbocycles. The molecule has 15 heavy (non-hydrogen) atoms. The van der Waals surface area contributed by atoms with Crippen molar-refractivity contribution >= 4 is 31.7 Å². The Hall–Kier alpha value is -0.140. The van der Waals surface area contributed by atoms with Gasteiger partial charge in [-0.1, -0.05) is 15.9 Å². The van der Waals surface area contributed by atoms with Gasteiger partial charge in [0.1, 0.15) is 5.75 Å². The Balaban J connectivity index is 4.28. The molecule has 0 rings (SSSR count). The van der Waals surface area contributed by atoms with Crippen LogP contribution in [0.25, 0.3) is 0 Å². The number of carbonyl (C=O) groups is 1. The zero-order valence-electron chi connectivity index (χ0n) is 8.90. The normalized spacial score (nSPS) is 11.4. The van der Waals surface area contributed by atoms with Crippen LogP contribution in [0, 0.1) is 0 Å². The molecule has 0 atom stereocenters. The molecule has 0 heterocycles. The van der Waals surface area contributed by atoms with Gasteiger partial charge in [0.2, 0.25) is 5.91 Å². The monoisotopic (exact) mass is 301 g/mol. The van der Waals surface area contributed by atoms with Gasteiger partial charge < -0.3 is 9.64 Å². The molecule has 1 amide bonds. The van der Waals surface area contributed by atoms with Crippen molar-refractivity contribution in [2.75, 3.05) is 44.1 Å². The minimum atomic E-state index is -3.26. The fraction of sp³-hybridized carbons (Fsp3) is 0.875. The average molecular weight is 302 g/mol. The predicted molar refractivity (Wildman–Crippen MR) is 62.0 cm³/mol. The zero-order chi connectivity index (χ0) is 11.9. The molecular weight excluding hydrogens is 286 g/mol. The third kappa shape index (κ3) is 7.75. The first-order chi connectivity index (χ1) is 6.90. The summed E-state index contributed by atoms with van der Waals surface area (Å²) in [6.07, 6.45) is 1.05. The molecule has 0 bridgehead atoms. The summed E-state index contributed by atoms with van der Waals surface area (Å²) in [5.74, 6) is -0.821. The topological polar surface area (TPSA) is 63.7 Å². The van der Waals surface area contributed by atoms with E-state index in [4.69, 9.17) is 4.74 Å². The molecule has 0 aliphatic rings. The molecule has 0 saturated heterocycles. The smallest absolute Gasteiger partial charge is 0.237 e. The Labute approximate surface area is 98.8 Å². The SMILES string of the molecule is COCCN(CCBr)C(=O)CS(C)(=O)=O. The van der Waals surface area contributed by atoms with Crippen LogP contribution in [0.3, 0.4) is 0 Å². The molecule has 0 aromatic carbocycles. The van der Waals surface area contributed by atoms with Gasteiger partial charge in [-0.25, -0.2) is 8.42 Å². The summed E-state index contributed by atoms with van der Waals surface area (Å²) in [6.45, 7) is 1.30. The third-order valence-electron chi connectivity index (χ3n) is 1.66. The van der Waals surface area contributed by atoms with E-state index in [0.717, 1.165) is 6.26 Å². The molecule has 0 saturated carbocycles. The lowest BCUT2D eigenvalue weighted by Gasteiger charge is -2.20. The standard InChI is InChI=1S/C8H16BrNO4S/c1-14-6-5-10(4-3-9)8(11)7-15(2,12)13/h3-7H2,1-2H3. The number of sulfone groups is 1. The van der Waals surface area contributed by atoms with E-state index < -0.39 is 15.6 Å². The first-order valence-electron chi connectivity index (χ1n) is 4.41. The number of rotatable bonds is 7. The van der Waals surface area contributed by atoms with Crippen LogP contribution < -0.4 is 0 Å². The molecule has 0 fully saturated rings. The average Bonchev–Trinajstić information content (AvgIpc) is 2.09. The van der Waals surface area contributed by atoms with E-state index in [0.29, 0.717) is 25.0 Å². The Kier molecular flexibility index (Phi) is 7.12. The summed E-state index contributed by atoms with van der Waals surface area (Å²) < 4.78 is 26.7. The van der Waals surface area contributed by atoms with Gasteiger partial charge in [-0.05, 0) is 0 Å². The maximum atomic E-state index is 11.5. The molecule has 0 aliphatic heterocycles. The van der Waals surface area contributed by atoms with Gasteiger partial charge in [0, 0.05) is 31.8 Å². The van der Waals surface area contributed by atoms with Crippen molar-refractivity contribution in [3.63, 3.8) is 0 Å². The minimum Gasteiger partial charge on any atom is -0.383 e. The Bertz CT molecular complexity index is 291. The third-order valence-corrected chi connectivity index (χ3v) is 2.78. The van der Waals surface area contributed by atoms with E-state index in [1.807, 2.05) is 0 Å². The summed E-state index contributed by atoms with van der Waals surface area (Å²) >= 11 is 3.21. The maximum Gasteiger partial charge on any atom is 0.237 e. The molecule has 5 nitrogen and oxygen atoms in total. The highest BCUT2D eigenvalue weighted by Gasteiger charge is 2.17. The van der Waals surface area contributed by atoms with E-state index in [2.05, 4.69) is 15.9 Å². The van der Waals surface area contributed by atoms with Gasteiger partial charge >= 0.3 is 0 Å². The van der Waals surface area contributed by atoms with Crippen molar-refractivity contribution in [1.29, 1.82) is 0 Å². The van der Waals surface area contributed by atoms with Crippen molar-refractivity contribution in [2.24, 2.45) is 0 Å². The van der Waals surface area contributed by atoms with E-state index >= 15 is 0 Å². The quantitative estimate of drug-likeness (QED) is 0.616. The molecular formula is C8H16BrNO4S. The van der Waals surface area contributed by atoms with Gasteiger partial charge in [-0.15, -0.1) is 0 Å². The summed E-state index contributed by atoms with van der Waals surface area (Å²) in [6, 6.07) is 0. The maximum absolute atomic E-state index is 11.5. The summed E-state index contributed by atoms with van der Waals surface area (Å²) in [4.78, 5) is 13.0. The Morgan fingerprint density at radius 3 is 2.40 bits per heavy atom. The molecule has 0 spiro atoms. The number of nitrogens with zero attached hydrogens (tertiary/aromatic N) is 1. The molecule has 0 N–H and O–H groups in total. The van der Waals surface area contributed by atoms with Gasteiger partial charge in [0.25, 0.3) is 0 Å². The molecule has 90 valence electrons. The van der Waals surface area contributed by atoms with Crippen LogP contribution in [-0.2, 0) is 19.4 Å². The van der Waals surface area contributed by atoms with Crippen LogP contribution in [0.2, 0.25) is 0 Å². The van der Waals surface area contributed by atoms with Gasteiger partial charge in [-0.3, -0.25) is 4.79 Å². The summed E-state index contributed by atoms with van der Waals surface area (Å²) in [5.41, 5.74) is 0. The van der Waals surface area contributed by atoms with Gasteiger partial charge in [-0.2, -0.15) is 0 Å². The predicted octanol–water partition coefficient (Wildman–Crippen LogP) is -0.0991. The highest BCUT2D eigenvalue weighted by molar-refractivity contribution is 9.09. The zero-order valence-corrected chi connectivity index (χ0v) is 11.3. The van der Waals surface area contributed by atoms with Gasteiger partial charge in [0.05, 0.1) is 6.61 Å². The molecule has 7 heteroatoms. The van der Waals surface area contributed by atoms with Crippen molar-refractivity contribution < 1.29 is 17.9 Å². The van der Waals surface area contributed by atoms with Crippen LogP contribution in [-0.4, -0.2) is 63.4 Å². The van der Waals surface area contributed by atoms with E-state index in [9.17, 15) is 13.2 Å². The second-order valence-corrected chi connectivity index (χ2v) is 6.07. The van der Waals surface area contributed by atoms with Crippen molar-refractivity contribution in [3.05, 3.63) is 0 Å². The largest absolute Gasteiger partial charge is 0.383 e. The highest BCUT2D eigenvalue weighted by atomic mass is 79.9. The van der Waals surface area contributed by atoms with Crippen molar-refractivity contribution in [1.82, 2.24) is 4.90 Å². The van der Waals surface area contributed by atoms with Crippen LogP contribution >= 0.6 is 15.9 Å². The first kappa shape index (κ1) is 14.9. The number of halogens is 1. The van der Waals surface area contributed by atoms with Crippen LogP contribution in [0.4, 0.5) is 0 Å². The first-order valence-corrected chi connectivity index (χ1v) is 7.59. The number of hydrogen-bond donors (Lipinski definition) is 0. The fourth-order valence-corrected chi connectivity index (χ4v) is 2.04. The lowest BCUT2D eigenvalue weighted by molar-refractivity contribution is -0.128. The molecule has 0 radical (unpaired) electrons. The van der Waals surface area contributed by atoms with Gasteiger partial charge in [0.15, 0.2) is 9.84 Å². The minimum absolute atomic E-state index is 0.381. The van der Waals surface area contributed by atoms with Crippen LogP contribution in [0.1, 0.15) is 0 Å². The second kappa shape index (κ2) is 7.19. The second-order valence-electron chi connectivity index (χ2n) is 3.13. The van der Waals surface area contributed by atoms with E-state index in [1.165, 1.54) is 12.0 Å². The lowest BCUT2D eigenvalue weighted by Crippen LogP contribution is -2.38. The molecule has 0 unspecified atom stereocenters. The molecule has 0 aromatic rings. The number of methoxy groups -OCH3 is 1. The van der Waals surface area contributed by atoms with Crippen molar-refractivity contribution in [2.45, 2.75) is 0 Å². The van der Waals surface area contributed by atoms with Crippen LogP contribution in [0.15, 0.2) is 0 Å². The Morgan fingerprint density at radius 1 is 1.40 bits per heavy atom. The summed E-state index contributed by atoms with van der Waals surface area (Å²) in [5, 5.41) is 0.617. The number of alkyl halides is 1. The van der Waals surface area contributed by atoms with E-state index in [1.54, 1.807) is 0 Å². The number of hydrogen-bond acceptors (Lipinski definition) is 4. The van der Waals surface area contributed by atoms with Crippen molar-refractivity contribution in [3.8, 4) is 0 Å².